The standard InChI is InChI=1S/C15H17NO4/c1-10(18)2-7-14-13(8-15(19)20-14)16-12-5-3-11(9-17)4-6-12/h2-7,9-10,13-14,16,18H,8H2,1H3/b7-2+/t10-,13-,14+/m0/s1. The number of hydrogen-bond acceptors (Lipinski definition) is 5. The number of rotatable bonds is 5. The maximum atomic E-state index is 11.4. The van der Waals surface area contributed by atoms with Crippen molar-refractivity contribution < 1.29 is 19.4 Å². The maximum Gasteiger partial charge on any atom is 0.308 e. The summed E-state index contributed by atoms with van der Waals surface area (Å²) in [6.07, 6.45) is 3.34. The molecule has 1 aliphatic heterocycles. The Balaban J connectivity index is 2.05. The molecule has 0 saturated carbocycles. The fraction of sp³-hybridized carbons (Fsp3) is 0.333. The molecule has 1 aliphatic rings. The van der Waals surface area contributed by atoms with E-state index in [-0.39, 0.29) is 18.4 Å². The van der Waals surface area contributed by atoms with E-state index in [0.29, 0.717) is 5.56 Å². The molecule has 1 heterocycles. The normalized spacial score (nSPS) is 23.6. The number of esters is 1. The molecule has 1 aromatic rings. The van der Waals surface area contributed by atoms with Gasteiger partial charge in [-0.2, -0.15) is 0 Å². The van der Waals surface area contributed by atoms with Crippen LogP contribution in [0.3, 0.4) is 0 Å². The van der Waals surface area contributed by atoms with E-state index < -0.39 is 12.2 Å². The van der Waals surface area contributed by atoms with Gasteiger partial charge in [-0.3, -0.25) is 9.59 Å². The summed E-state index contributed by atoms with van der Waals surface area (Å²) in [5.41, 5.74) is 1.41. The van der Waals surface area contributed by atoms with E-state index >= 15 is 0 Å². The van der Waals surface area contributed by atoms with Gasteiger partial charge in [-0.15, -0.1) is 0 Å². The van der Waals surface area contributed by atoms with Crippen LogP contribution < -0.4 is 5.32 Å². The van der Waals surface area contributed by atoms with Crippen LogP contribution >= 0.6 is 0 Å². The van der Waals surface area contributed by atoms with Crippen LogP contribution in [0, 0.1) is 0 Å². The molecule has 20 heavy (non-hydrogen) atoms. The molecule has 1 saturated heterocycles. The first-order valence-electron chi connectivity index (χ1n) is 6.46. The predicted octanol–water partition coefficient (Wildman–Crippen LogP) is 1.53. The van der Waals surface area contributed by atoms with Crippen molar-refractivity contribution in [3.63, 3.8) is 0 Å². The summed E-state index contributed by atoms with van der Waals surface area (Å²) in [6.45, 7) is 1.63. The van der Waals surface area contributed by atoms with Crippen molar-refractivity contribution >= 4 is 17.9 Å². The second-order valence-electron chi connectivity index (χ2n) is 4.77. The van der Waals surface area contributed by atoms with E-state index in [9.17, 15) is 14.7 Å². The van der Waals surface area contributed by atoms with Crippen LogP contribution in [0.1, 0.15) is 23.7 Å². The smallest absolute Gasteiger partial charge is 0.308 e. The quantitative estimate of drug-likeness (QED) is 0.484. The number of carbonyl (C=O) groups is 2. The predicted molar refractivity (Wildman–Crippen MR) is 74.6 cm³/mol. The maximum absolute atomic E-state index is 11.4. The number of aldehydes is 1. The molecule has 0 aliphatic carbocycles. The van der Waals surface area contributed by atoms with Gasteiger partial charge >= 0.3 is 5.97 Å². The first kappa shape index (κ1) is 14.3. The lowest BCUT2D eigenvalue weighted by molar-refractivity contribution is -0.140. The number of cyclic esters (lactones) is 1. The third-order valence-corrected chi connectivity index (χ3v) is 3.03. The fourth-order valence-corrected chi connectivity index (χ4v) is 2.03. The van der Waals surface area contributed by atoms with Crippen LogP contribution in [0.4, 0.5) is 5.69 Å². The molecule has 2 N–H and O–H groups in total. The number of anilines is 1. The minimum Gasteiger partial charge on any atom is -0.456 e. The van der Waals surface area contributed by atoms with Gasteiger partial charge in [-0.1, -0.05) is 6.08 Å². The van der Waals surface area contributed by atoms with E-state index in [1.54, 1.807) is 43.3 Å². The molecule has 1 fully saturated rings. The molecule has 0 amide bonds. The van der Waals surface area contributed by atoms with Gasteiger partial charge in [0.2, 0.25) is 0 Å². The van der Waals surface area contributed by atoms with Gasteiger partial charge in [0.1, 0.15) is 12.4 Å². The number of nitrogens with one attached hydrogen (secondary N) is 1. The molecular formula is C15H17NO4. The number of carbonyl (C=O) groups excluding carboxylic acids is 2. The van der Waals surface area contributed by atoms with Crippen LogP contribution in [0.5, 0.6) is 0 Å². The monoisotopic (exact) mass is 275 g/mol. The number of ether oxygens (including phenoxy) is 1. The van der Waals surface area contributed by atoms with Crippen LogP contribution in [0.25, 0.3) is 0 Å². The lowest BCUT2D eigenvalue weighted by atomic mass is 10.1. The third kappa shape index (κ3) is 3.68. The Bertz CT molecular complexity index is 507. The highest BCUT2D eigenvalue weighted by Crippen LogP contribution is 2.21. The first-order chi connectivity index (χ1) is 9.58. The van der Waals surface area contributed by atoms with Gasteiger partial charge < -0.3 is 15.2 Å². The summed E-state index contributed by atoms with van der Waals surface area (Å²) in [6, 6.07) is 6.78. The molecular weight excluding hydrogens is 258 g/mol. The van der Waals surface area contributed by atoms with E-state index in [1.807, 2.05) is 0 Å². The highest BCUT2D eigenvalue weighted by atomic mass is 16.6. The van der Waals surface area contributed by atoms with Crippen molar-refractivity contribution in [2.45, 2.75) is 31.6 Å². The molecule has 5 heteroatoms. The van der Waals surface area contributed by atoms with Crippen molar-refractivity contribution in [2.24, 2.45) is 0 Å². The summed E-state index contributed by atoms with van der Waals surface area (Å²) in [7, 11) is 0. The molecule has 5 nitrogen and oxygen atoms in total. The molecule has 0 bridgehead atoms. The topological polar surface area (TPSA) is 75.6 Å². The zero-order valence-electron chi connectivity index (χ0n) is 11.2. The second kappa shape index (κ2) is 6.34. The Morgan fingerprint density at radius 1 is 1.40 bits per heavy atom. The summed E-state index contributed by atoms with van der Waals surface area (Å²) < 4.78 is 5.19. The molecule has 3 atom stereocenters. The summed E-state index contributed by atoms with van der Waals surface area (Å²) >= 11 is 0. The average molecular weight is 275 g/mol. The molecule has 0 unspecified atom stereocenters. The first-order valence-corrected chi connectivity index (χ1v) is 6.46. The van der Waals surface area contributed by atoms with Gasteiger partial charge in [0, 0.05) is 11.3 Å². The van der Waals surface area contributed by atoms with Crippen molar-refractivity contribution in [1.82, 2.24) is 0 Å². The van der Waals surface area contributed by atoms with Gasteiger partial charge in [-0.25, -0.2) is 0 Å². The zero-order chi connectivity index (χ0) is 14.5. The highest BCUT2D eigenvalue weighted by Gasteiger charge is 2.32. The van der Waals surface area contributed by atoms with Crippen LogP contribution in [0.2, 0.25) is 0 Å². The van der Waals surface area contributed by atoms with Crippen molar-refractivity contribution in [3.05, 3.63) is 42.0 Å². The second-order valence-corrected chi connectivity index (χ2v) is 4.77. The zero-order valence-corrected chi connectivity index (χ0v) is 11.2. The van der Waals surface area contributed by atoms with E-state index in [0.717, 1.165) is 12.0 Å². The number of hydrogen-bond donors (Lipinski definition) is 2. The third-order valence-electron chi connectivity index (χ3n) is 3.03. The lowest BCUT2D eigenvalue weighted by Gasteiger charge is -2.17. The minimum absolute atomic E-state index is 0.181. The van der Waals surface area contributed by atoms with E-state index in [4.69, 9.17) is 4.74 Å². The summed E-state index contributed by atoms with van der Waals surface area (Å²) in [5.74, 6) is -0.271. The SMILES string of the molecule is C[C@H](O)/C=C/[C@H]1OC(=O)C[C@@H]1Nc1ccc(C=O)cc1. The van der Waals surface area contributed by atoms with Crippen LogP contribution in [0.15, 0.2) is 36.4 Å². The highest BCUT2D eigenvalue weighted by molar-refractivity contribution is 5.76. The fourth-order valence-electron chi connectivity index (χ4n) is 2.03. The van der Waals surface area contributed by atoms with Gasteiger partial charge in [0.25, 0.3) is 0 Å². The molecule has 0 radical (unpaired) electrons. The van der Waals surface area contributed by atoms with E-state index in [1.165, 1.54) is 0 Å². The van der Waals surface area contributed by atoms with Crippen LogP contribution in [-0.4, -0.2) is 35.6 Å². The van der Waals surface area contributed by atoms with Gasteiger partial charge in [-0.05, 0) is 37.3 Å². The van der Waals surface area contributed by atoms with E-state index in [2.05, 4.69) is 5.32 Å². The minimum atomic E-state index is -0.582. The Hall–Kier alpha value is -2.14. The van der Waals surface area contributed by atoms with Gasteiger partial charge in [0.05, 0.1) is 18.6 Å². The molecule has 1 aromatic carbocycles. The number of aliphatic hydroxyl groups is 1. The van der Waals surface area contributed by atoms with Crippen LogP contribution in [-0.2, 0) is 9.53 Å². The molecule has 2 rings (SSSR count). The molecule has 0 spiro atoms. The van der Waals surface area contributed by atoms with Crippen molar-refractivity contribution in [3.8, 4) is 0 Å². The lowest BCUT2D eigenvalue weighted by Crippen LogP contribution is -2.27. The van der Waals surface area contributed by atoms with Crippen molar-refractivity contribution in [1.29, 1.82) is 0 Å². The molecule has 0 aromatic heterocycles. The largest absolute Gasteiger partial charge is 0.456 e. The Morgan fingerprint density at radius 2 is 2.10 bits per heavy atom. The number of aliphatic hydroxyl groups excluding tert-OH is 1. The molecule has 106 valence electrons. The summed E-state index contributed by atoms with van der Waals surface area (Å²) in [4.78, 5) is 22.0. The van der Waals surface area contributed by atoms with Crippen molar-refractivity contribution in [2.75, 3.05) is 5.32 Å². The Kier molecular flexibility index (Phi) is 4.53. The number of benzene rings is 1. The Labute approximate surface area is 117 Å². The average Bonchev–Trinajstić information content (AvgIpc) is 2.77. The van der Waals surface area contributed by atoms with Gasteiger partial charge in [0.15, 0.2) is 0 Å². The Morgan fingerprint density at radius 3 is 2.70 bits per heavy atom. The summed E-state index contributed by atoms with van der Waals surface area (Å²) in [5, 5.41) is 12.4.